The number of ether oxygens (including phenoxy) is 1. The van der Waals surface area contributed by atoms with Crippen molar-refractivity contribution in [3.8, 4) is 0 Å². The maximum absolute atomic E-state index is 5.60. The van der Waals surface area contributed by atoms with Crippen molar-refractivity contribution < 1.29 is 4.74 Å². The average molecular weight is 238 g/mol. The largest absolute Gasteiger partial charge is 0.376 e. The molecule has 6 N–H and O–H groups in total. The Bertz CT molecular complexity index is 412. The summed E-state index contributed by atoms with van der Waals surface area (Å²) < 4.78 is 5.55. The van der Waals surface area contributed by atoms with Crippen LogP contribution in [-0.4, -0.2) is 28.2 Å². The molecule has 2 rings (SSSR count). The zero-order valence-electron chi connectivity index (χ0n) is 10.0. The van der Waals surface area contributed by atoms with Crippen LogP contribution in [0.15, 0.2) is 6.07 Å². The van der Waals surface area contributed by atoms with Crippen molar-refractivity contribution in [1.82, 2.24) is 9.97 Å². The lowest BCUT2D eigenvalue weighted by Gasteiger charge is -2.29. The number of hydrogen-bond donors (Lipinski definition) is 4. The molecule has 2 atom stereocenters. The quantitative estimate of drug-likeness (QED) is 0.443. The Morgan fingerprint density at radius 2 is 2.18 bits per heavy atom. The smallest absolute Gasteiger partial charge is 0.223 e. The van der Waals surface area contributed by atoms with Crippen LogP contribution in [0.5, 0.6) is 0 Å². The summed E-state index contributed by atoms with van der Waals surface area (Å²) in [6.07, 6.45) is 1.04. The van der Waals surface area contributed by atoms with Crippen LogP contribution in [0, 0.1) is 0 Å². The van der Waals surface area contributed by atoms with E-state index in [9.17, 15) is 0 Å². The number of rotatable bonds is 3. The molecule has 0 amide bonds. The third kappa shape index (κ3) is 2.40. The van der Waals surface area contributed by atoms with Crippen molar-refractivity contribution in [3.63, 3.8) is 0 Å². The van der Waals surface area contributed by atoms with E-state index in [0.29, 0.717) is 11.6 Å². The molecular formula is C10H18N6O. The fourth-order valence-corrected chi connectivity index (χ4v) is 1.90. The number of nitrogens with zero attached hydrogens (tertiary/aromatic N) is 2. The molecule has 1 aliphatic rings. The lowest BCUT2D eigenvalue weighted by molar-refractivity contribution is 0.105. The van der Waals surface area contributed by atoms with Crippen molar-refractivity contribution in [2.45, 2.75) is 31.9 Å². The molecule has 7 heteroatoms. The molecule has 1 aliphatic heterocycles. The van der Waals surface area contributed by atoms with Crippen LogP contribution >= 0.6 is 0 Å². The van der Waals surface area contributed by atoms with Gasteiger partial charge in [0.2, 0.25) is 5.95 Å². The van der Waals surface area contributed by atoms with Crippen LogP contribution in [0.2, 0.25) is 0 Å². The highest BCUT2D eigenvalue weighted by molar-refractivity contribution is 5.51. The van der Waals surface area contributed by atoms with Crippen LogP contribution in [-0.2, 0) is 4.74 Å². The van der Waals surface area contributed by atoms with Crippen molar-refractivity contribution in [3.05, 3.63) is 6.07 Å². The number of hydrazine groups is 1. The Balaban J connectivity index is 2.20. The second-order valence-electron chi connectivity index (χ2n) is 4.45. The number of anilines is 3. The van der Waals surface area contributed by atoms with Crippen LogP contribution in [0.3, 0.4) is 0 Å². The molecule has 0 saturated carbocycles. The molecule has 0 aromatic carbocycles. The van der Waals surface area contributed by atoms with E-state index in [1.54, 1.807) is 6.07 Å². The van der Waals surface area contributed by atoms with E-state index in [0.717, 1.165) is 13.0 Å². The molecule has 1 saturated heterocycles. The highest BCUT2D eigenvalue weighted by atomic mass is 16.5. The summed E-state index contributed by atoms with van der Waals surface area (Å²) in [4.78, 5) is 8.06. The molecule has 1 aromatic rings. The maximum Gasteiger partial charge on any atom is 0.223 e. The second kappa shape index (κ2) is 4.34. The molecule has 2 heterocycles. The zero-order valence-corrected chi connectivity index (χ0v) is 10.0. The van der Waals surface area contributed by atoms with Crippen LogP contribution in [0.25, 0.3) is 0 Å². The molecule has 1 fully saturated rings. The Labute approximate surface area is 99.9 Å². The summed E-state index contributed by atoms with van der Waals surface area (Å²) in [5.41, 5.74) is 7.91. The van der Waals surface area contributed by atoms with Gasteiger partial charge in [-0.1, -0.05) is 0 Å². The van der Waals surface area contributed by atoms with E-state index in [4.69, 9.17) is 16.3 Å². The van der Waals surface area contributed by atoms with Gasteiger partial charge in [0.05, 0.1) is 11.6 Å². The van der Waals surface area contributed by atoms with Gasteiger partial charge in [0, 0.05) is 12.7 Å². The molecule has 2 unspecified atom stereocenters. The Hall–Kier alpha value is -1.60. The monoisotopic (exact) mass is 238 g/mol. The lowest BCUT2D eigenvalue weighted by Crippen LogP contribution is -2.41. The second-order valence-corrected chi connectivity index (χ2v) is 4.45. The SMILES string of the molecule is CC1OCCC1(C)Nc1cc(NN)nc(N)n1. The number of aromatic nitrogens is 2. The summed E-state index contributed by atoms with van der Waals surface area (Å²) in [5, 5.41) is 3.33. The predicted molar refractivity (Wildman–Crippen MR) is 66.3 cm³/mol. The molecular weight excluding hydrogens is 220 g/mol. The first-order chi connectivity index (χ1) is 8.03. The van der Waals surface area contributed by atoms with E-state index >= 15 is 0 Å². The van der Waals surface area contributed by atoms with Crippen LogP contribution in [0.4, 0.5) is 17.6 Å². The minimum absolute atomic E-state index is 0.118. The number of nitrogens with one attached hydrogen (secondary N) is 2. The Kier molecular flexibility index (Phi) is 3.03. The third-order valence-corrected chi connectivity index (χ3v) is 3.19. The van der Waals surface area contributed by atoms with Crippen LogP contribution in [0.1, 0.15) is 20.3 Å². The van der Waals surface area contributed by atoms with Gasteiger partial charge in [0.15, 0.2) is 0 Å². The third-order valence-electron chi connectivity index (χ3n) is 3.19. The van der Waals surface area contributed by atoms with Gasteiger partial charge in [0.25, 0.3) is 0 Å². The van der Waals surface area contributed by atoms with Gasteiger partial charge in [-0.05, 0) is 20.3 Å². The van der Waals surface area contributed by atoms with Crippen molar-refractivity contribution in [2.24, 2.45) is 5.84 Å². The van der Waals surface area contributed by atoms with Gasteiger partial charge in [-0.15, -0.1) is 0 Å². The van der Waals surface area contributed by atoms with E-state index < -0.39 is 0 Å². The van der Waals surface area contributed by atoms with Gasteiger partial charge in [-0.2, -0.15) is 9.97 Å². The van der Waals surface area contributed by atoms with Crippen LogP contribution < -0.4 is 22.3 Å². The summed E-state index contributed by atoms with van der Waals surface area (Å²) in [5.74, 6) is 6.61. The Morgan fingerprint density at radius 1 is 1.47 bits per heavy atom. The minimum Gasteiger partial charge on any atom is -0.376 e. The number of nitrogens with two attached hydrogens (primary N) is 2. The van der Waals surface area contributed by atoms with Gasteiger partial charge in [-0.3, -0.25) is 0 Å². The van der Waals surface area contributed by atoms with Gasteiger partial charge < -0.3 is 21.2 Å². The minimum atomic E-state index is -0.146. The van der Waals surface area contributed by atoms with Crippen molar-refractivity contribution in [2.75, 3.05) is 23.1 Å². The van der Waals surface area contributed by atoms with E-state index in [2.05, 4.69) is 27.6 Å². The van der Waals surface area contributed by atoms with Gasteiger partial charge in [0.1, 0.15) is 11.6 Å². The molecule has 7 nitrogen and oxygen atoms in total. The molecule has 1 aromatic heterocycles. The molecule has 0 spiro atoms. The first-order valence-corrected chi connectivity index (χ1v) is 5.54. The highest BCUT2D eigenvalue weighted by Gasteiger charge is 2.37. The molecule has 0 bridgehead atoms. The average Bonchev–Trinajstić information content (AvgIpc) is 2.58. The van der Waals surface area contributed by atoms with Crippen molar-refractivity contribution in [1.29, 1.82) is 0 Å². The van der Waals surface area contributed by atoms with E-state index in [1.165, 1.54) is 0 Å². The highest BCUT2D eigenvalue weighted by Crippen LogP contribution is 2.29. The maximum atomic E-state index is 5.60. The van der Waals surface area contributed by atoms with Gasteiger partial charge >= 0.3 is 0 Å². The Morgan fingerprint density at radius 3 is 2.76 bits per heavy atom. The summed E-state index contributed by atoms with van der Waals surface area (Å²) in [6, 6.07) is 1.71. The van der Waals surface area contributed by atoms with Gasteiger partial charge in [-0.25, -0.2) is 5.84 Å². The number of hydrogen-bond acceptors (Lipinski definition) is 7. The summed E-state index contributed by atoms with van der Waals surface area (Å²) >= 11 is 0. The topological polar surface area (TPSA) is 111 Å². The fraction of sp³-hybridized carbons (Fsp3) is 0.600. The van der Waals surface area contributed by atoms with Crippen molar-refractivity contribution >= 4 is 17.6 Å². The first-order valence-electron chi connectivity index (χ1n) is 5.54. The summed E-state index contributed by atoms with van der Waals surface area (Å²) in [6.45, 7) is 4.87. The predicted octanol–water partition coefficient (Wildman–Crippen LogP) is 0.324. The fourth-order valence-electron chi connectivity index (χ4n) is 1.90. The molecule has 0 radical (unpaired) electrons. The first kappa shape index (κ1) is 11.9. The zero-order chi connectivity index (χ0) is 12.5. The molecule has 17 heavy (non-hydrogen) atoms. The van der Waals surface area contributed by atoms with E-state index in [1.807, 2.05) is 6.92 Å². The standard InChI is InChI=1S/C10H18N6O/c1-6-10(2,3-4-17-6)15-7-5-8(16-12)14-9(11)13-7/h5-6H,3-4,12H2,1-2H3,(H4,11,13,14,15,16). The molecule has 0 aliphatic carbocycles. The summed E-state index contributed by atoms with van der Waals surface area (Å²) in [7, 11) is 0. The van der Waals surface area contributed by atoms with E-state index in [-0.39, 0.29) is 17.6 Å². The normalized spacial score (nSPS) is 28.1. The lowest BCUT2D eigenvalue weighted by atomic mass is 9.95. The number of nitrogen functional groups attached to an aromatic ring is 2. The molecule has 94 valence electrons.